The number of nitrogens with one attached hydrogen (secondary N) is 1. The lowest BCUT2D eigenvalue weighted by Crippen LogP contribution is -2.38. The van der Waals surface area contributed by atoms with Crippen molar-refractivity contribution in [3.8, 4) is 11.5 Å². The fourth-order valence-electron chi connectivity index (χ4n) is 3.47. The van der Waals surface area contributed by atoms with Gasteiger partial charge in [0.05, 0.1) is 13.0 Å². The van der Waals surface area contributed by atoms with Gasteiger partial charge in [0, 0.05) is 37.4 Å². The van der Waals surface area contributed by atoms with Crippen LogP contribution in [0.25, 0.3) is 0 Å². The molecule has 31 heavy (non-hydrogen) atoms. The van der Waals surface area contributed by atoms with Gasteiger partial charge in [-0.05, 0) is 55.8 Å². The van der Waals surface area contributed by atoms with Crippen molar-refractivity contribution in [1.29, 1.82) is 0 Å². The van der Waals surface area contributed by atoms with E-state index < -0.39 is 0 Å². The summed E-state index contributed by atoms with van der Waals surface area (Å²) < 4.78 is 16.9. The largest absolute Gasteiger partial charge is 0.493 e. The lowest BCUT2D eigenvalue weighted by atomic mass is 10.1. The van der Waals surface area contributed by atoms with Gasteiger partial charge in [-0.25, -0.2) is 0 Å². The quantitative estimate of drug-likeness (QED) is 0.567. The molecule has 2 aromatic rings. The maximum absolute atomic E-state index is 12.1. The van der Waals surface area contributed by atoms with Gasteiger partial charge in [0.15, 0.2) is 0 Å². The van der Waals surface area contributed by atoms with Crippen LogP contribution in [-0.4, -0.2) is 56.9 Å². The molecule has 0 spiro atoms. The highest BCUT2D eigenvalue weighted by Crippen LogP contribution is 2.17. The highest BCUT2D eigenvalue weighted by atomic mass is 35.5. The Morgan fingerprint density at radius 2 is 1.81 bits per heavy atom. The average Bonchev–Trinajstić information content (AvgIpc) is 2.78. The van der Waals surface area contributed by atoms with Crippen LogP contribution in [0.4, 0.5) is 0 Å². The second-order valence-electron chi connectivity index (χ2n) is 7.65. The zero-order valence-electron chi connectivity index (χ0n) is 18.0. The summed E-state index contributed by atoms with van der Waals surface area (Å²) in [5, 5.41) is 3.53. The minimum Gasteiger partial charge on any atom is -0.493 e. The van der Waals surface area contributed by atoms with Gasteiger partial charge < -0.3 is 19.5 Å². The number of nitrogens with zero attached hydrogens (tertiary/aromatic N) is 1. The van der Waals surface area contributed by atoms with Gasteiger partial charge in [0.1, 0.15) is 18.1 Å². The van der Waals surface area contributed by atoms with Crippen LogP contribution in [0.2, 0.25) is 5.02 Å². The van der Waals surface area contributed by atoms with Gasteiger partial charge in [0.25, 0.3) is 0 Å². The van der Waals surface area contributed by atoms with E-state index >= 15 is 0 Å². The molecular formula is C24H31ClN2O4. The van der Waals surface area contributed by atoms with Crippen LogP contribution in [-0.2, 0) is 16.1 Å². The molecule has 1 N–H and O–H groups in total. The third-order valence-electron chi connectivity index (χ3n) is 5.31. The van der Waals surface area contributed by atoms with Gasteiger partial charge in [-0.1, -0.05) is 29.8 Å². The summed E-state index contributed by atoms with van der Waals surface area (Å²) in [6.45, 7) is 3.95. The second kappa shape index (κ2) is 12.5. The van der Waals surface area contributed by atoms with E-state index in [0.29, 0.717) is 36.6 Å². The molecule has 3 rings (SSSR count). The molecular weight excluding hydrogens is 416 g/mol. The number of rotatable bonds is 11. The minimum atomic E-state index is -0.0635. The molecule has 0 bridgehead atoms. The van der Waals surface area contributed by atoms with Gasteiger partial charge in [0.2, 0.25) is 5.91 Å². The zero-order valence-corrected chi connectivity index (χ0v) is 18.8. The van der Waals surface area contributed by atoms with Crippen LogP contribution in [0.3, 0.4) is 0 Å². The van der Waals surface area contributed by atoms with E-state index in [1.807, 2.05) is 36.4 Å². The number of amides is 1. The van der Waals surface area contributed by atoms with Crippen molar-refractivity contribution in [1.82, 2.24) is 10.2 Å². The Morgan fingerprint density at radius 3 is 2.58 bits per heavy atom. The van der Waals surface area contributed by atoms with Crippen molar-refractivity contribution >= 4 is 17.5 Å². The Hall–Kier alpha value is -2.28. The Kier molecular flexibility index (Phi) is 9.46. The van der Waals surface area contributed by atoms with Gasteiger partial charge in [-0.2, -0.15) is 0 Å². The maximum Gasteiger partial charge on any atom is 0.223 e. The van der Waals surface area contributed by atoms with E-state index in [1.54, 1.807) is 12.1 Å². The molecule has 1 aliphatic heterocycles. The highest BCUT2D eigenvalue weighted by Gasteiger charge is 2.18. The highest BCUT2D eigenvalue weighted by molar-refractivity contribution is 6.30. The minimum absolute atomic E-state index is 0.0635. The smallest absolute Gasteiger partial charge is 0.223 e. The standard InChI is InChI=1S/C24H31ClN2O4/c1-27(21-8-12-29-13-9-21)11-15-31-22-6-2-4-19(16-22)18-26-24(28)10-14-30-23-7-3-5-20(25)17-23/h2-7,16-17,21H,8-15,18H2,1H3,(H,26,28). The van der Waals surface area contributed by atoms with Crippen LogP contribution in [0.15, 0.2) is 48.5 Å². The van der Waals surface area contributed by atoms with Crippen molar-refractivity contribution in [2.75, 3.05) is 40.0 Å². The van der Waals surface area contributed by atoms with E-state index in [-0.39, 0.29) is 12.3 Å². The molecule has 0 aliphatic carbocycles. The van der Waals surface area contributed by atoms with Crippen LogP contribution in [0.5, 0.6) is 11.5 Å². The number of ether oxygens (including phenoxy) is 3. The summed E-state index contributed by atoms with van der Waals surface area (Å²) in [4.78, 5) is 14.4. The SMILES string of the molecule is CN(CCOc1cccc(CNC(=O)CCOc2cccc(Cl)c2)c1)C1CCOCC1. The van der Waals surface area contributed by atoms with Crippen LogP contribution < -0.4 is 14.8 Å². The molecule has 168 valence electrons. The molecule has 1 heterocycles. The topological polar surface area (TPSA) is 60.0 Å². The number of hydrogen-bond acceptors (Lipinski definition) is 5. The van der Waals surface area contributed by atoms with Crippen LogP contribution in [0.1, 0.15) is 24.8 Å². The number of carbonyl (C=O) groups excluding carboxylic acids is 1. The number of benzene rings is 2. The first-order valence-corrected chi connectivity index (χ1v) is 11.1. The molecule has 2 aromatic carbocycles. The summed E-state index contributed by atoms with van der Waals surface area (Å²) in [7, 11) is 2.14. The Bertz CT molecular complexity index is 827. The fraction of sp³-hybridized carbons (Fsp3) is 0.458. The monoisotopic (exact) mass is 446 g/mol. The maximum atomic E-state index is 12.1. The molecule has 0 atom stereocenters. The lowest BCUT2D eigenvalue weighted by molar-refractivity contribution is -0.121. The molecule has 0 saturated carbocycles. The van der Waals surface area contributed by atoms with E-state index in [0.717, 1.165) is 43.9 Å². The summed E-state index contributed by atoms with van der Waals surface area (Å²) in [6.07, 6.45) is 2.44. The Balaban J connectivity index is 1.34. The molecule has 7 heteroatoms. The second-order valence-corrected chi connectivity index (χ2v) is 8.09. The number of hydrogen-bond donors (Lipinski definition) is 1. The lowest BCUT2D eigenvalue weighted by Gasteiger charge is -2.31. The summed E-state index contributed by atoms with van der Waals surface area (Å²) >= 11 is 5.92. The van der Waals surface area contributed by atoms with E-state index in [2.05, 4.69) is 17.3 Å². The molecule has 1 saturated heterocycles. The first-order valence-electron chi connectivity index (χ1n) is 10.7. The first kappa shape index (κ1) is 23.4. The van der Waals surface area contributed by atoms with Crippen molar-refractivity contribution in [3.63, 3.8) is 0 Å². The number of halogens is 1. The van der Waals surface area contributed by atoms with Crippen molar-refractivity contribution < 1.29 is 19.0 Å². The third kappa shape index (κ3) is 8.40. The van der Waals surface area contributed by atoms with E-state index in [1.165, 1.54) is 0 Å². The third-order valence-corrected chi connectivity index (χ3v) is 5.54. The normalized spacial score (nSPS) is 14.4. The van der Waals surface area contributed by atoms with E-state index in [4.69, 9.17) is 25.8 Å². The van der Waals surface area contributed by atoms with Crippen LogP contribution >= 0.6 is 11.6 Å². The number of carbonyl (C=O) groups is 1. The Morgan fingerprint density at radius 1 is 1.10 bits per heavy atom. The summed E-state index contributed by atoms with van der Waals surface area (Å²) in [5.74, 6) is 1.41. The van der Waals surface area contributed by atoms with Gasteiger partial charge >= 0.3 is 0 Å². The zero-order chi connectivity index (χ0) is 21.9. The molecule has 0 unspecified atom stereocenters. The molecule has 6 nitrogen and oxygen atoms in total. The average molecular weight is 447 g/mol. The first-order chi connectivity index (χ1) is 15.1. The molecule has 1 fully saturated rings. The molecule has 0 radical (unpaired) electrons. The summed E-state index contributed by atoms with van der Waals surface area (Å²) in [5.41, 5.74) is 0.999. The molecule has 1 amide bonds. The number of likely N-dealkylation sites (N-methyl/N-ethyl adjacent to an activating group) is 1. The molecule has 0 aromatic heterocycles. The van der Waals surface area contributed by atoms with E-state index in [9.17, 15) is 4.79 Å². The fourth-order valence-corrected chi connectivity index (χ4v) is 3.65. The van der Waals surface area contributed by atoms with Gasteiger partial charge in [-0.3, -0.25) is 9.69 Å². The van der Waals surface area contributed by atoms with Crippen molar-refractivity contribution in [2.45, 2.75) is 31.8 Å². The van der Waals surface area contributed by atoms with Gasteiger partial charge in [-0.15, -0.1) is 0 Å². The molecule has 1 aliphatic rings. The van der Waals surface area contributed by atoms with Crippen molar-refractivity contribution in [3.05, 3.63) is 59.1 Å². The Labute approximate surface area is 189 Å². The predicted molar refractivity (Wildman–Crippen MR) is 122 cm³/mol. The van der Waals surface area contributed by atoms with Crippen molar-refractivity contribution in [2.24, 2.45) is 0 Å². The van der Waals surface area contributed by atoms with Crippen LogP contribution in [0, 0.1) is 0 Å². The summed E-state index contributed by atoms with van der Waals surface area (Å²) in [6, 6.07) is 15.5. The predicted octanol–water partition coefficient (Wildman–Crippen LogP) is 3.91.